The summed E-state index contributed by atoms with van der Waals surface area (Å²) in [5.41, 5.74) is 20.2. The Morgan fingerprint density at radius 1 is 0.215 bits per heavy atom. The van der Waals surface area contributed by atoms with Crippen LogP contribution in [0.3, 0.4) is 0 Å². The van der Waals surface area contributed by atoms with E-state index in [9.17, 15) is 37.8 Å². The van der Waals surface area contributed by atoms with Gasteiger partial charge in [-0.2, -0.15) is 0 Å². The molecule has 0 unspecified atom stereocenters. The van der Waals surface area contributed by atoms with Gasteiger partial charge in [-0.15, -0.1) is 0 Å². The minimum atomic E-state index is -4.70. The molecule has 16 nitrogen and oxygen atoms in total. The Balaban J connectivity index is 0.000000305. The SMILES string of the molecule is CC(C)(C)c1cc2c(c(C(C)(C)C)c1)OP(=O)([O-])Oc1c(cc(C(C)(C)C)cc1C(C)(C)C)C2.CC1c2cc(C(C)(C)C)cc(C(C)(C)C)c2OP(=O)([O-])Oc2c1cc(C(C)(C)C)cc2C(C)(C)C.Cc1cc2c(c(C(C)(C)C)c1)OP(=O)([O-])Oc1c(cc(C)cc1C(C)(C)C)C2.Cc1cc2c(c(C(C)(C)C)c1)OP(=O)([O-])Oc1c(cc(C)cc1C(C)(C)C)C2C.[Li+].[Li+].[Li+].[Li+]. The van der Waals surface area contributed by atoms with Gasteiger partial charge in [-0.3, -0.25) is 0 Å². The largest absolute Gasteiger partial charge is 1.00 e. The fourth-order valence-corrected chi connectivity index (χ4v) is 20.1. The molecule has 0 aromatic heterocycles. The van der Waals surface area contributed by atoms with Gasteiger partial charge in [0.1, 0.15) is 46.0 Å². The van der Waals surface area contributed by atoms with Gasteiger partial charge >= 0.3 is 107 Å². The Kier molecular flexibility index (Phi) is 35.0. The Bertz CT molecular complexity index is 5410. The molecule has 8 aromatic carbocycles. The van der Waals surface area contributed by atoms with Gasteiger partial charge < -0.3 is 55.8 Å². The fraction of sp³-hybridized carbons (Fsp3) is 0.547. The van der Waals surface area contributed by atoms with Crippen LogP contribution in [0.15, 0.2) is 97.1 Å². The normalized spacial score (nSPS) is 18.4. The summed E-state index contributed by atoms with van der Waals surface area (Å²) >= 11 is 0. The third-order valence-corrected chi connectivity index (χ3v) is 27.1. The molecule has 0 saturated heterocycles. The van der Waals surface area contributed by atoms with Crippen LogP contribution in [-0.2, 0) is 96.1 Å². The maximum absolute atomic E-state index is 13.4. The maximum Gasteiger partial charge on any atom is 1.00 e. The minimum Gasteiger partial charge on any atom is -0.736 e. The summed E-state index contributed by atoms with van der Waals surface area (Å²) < 4.78 is 98.0. The van der Waals surface area contributed by atoms with Crippen molar-refractivity contribution in [3.63, 3.8) is 0 Å². The van der Waals surface area contributed by atoms with Gasteiger partial charge in [0.25, 0.3) is 0 Å². The van der Waals surface area contributed by atoms with Crippen molar-refractivity contribution in [2.75, 3.05) is 0 Å². The molecule has 0 N–H and O–H groups in total. The summed E-state index contributed by atoms with van der Waals surface area (Å²) in [4.78, 5) is 52.4. The second-order valence-electron chi connectivity index (χ2n) is 48.3. The molecule has 0 bridgehead atoms. The fourth-order valence-electron chi connectivity index (χ4n) is 16.5. The molecule has 130 heavy (non-hydrogen) atoms. The Hall–Kier alpha value is -4.69. The van der Waals surface area contributed by atoms with Crippen molar-refractivity contribution in [2.24, 2.45) is 0 Å². The van der Waals surface area contributed by atoms with Gasteiger partial charge in [0.2, 0.25) is 0 Å². The van der Waals surface area contributed by atoms with E-state index in [2.05, 4.69) is 312 Å². The zero-order valence-electron chi connectivity index (χ0n) is 88.1. The monoisotopic (exact) mass is 1830 g/mol. The van der Waals surface area contributed by atoms with E-state index in [0.29, 0.717) is 58.8 Å². The van der Waals surface area contributed by atoms with Crippen molar-refractivity contribution >= 4 is 31.3 Å². The molecule has 0 aliphatic carbocycles. The third-order valence-electron chi connectivity index (χ3n) is 23.9. The van der Waals surface area contributed by atoms with Crippen LogP contribution >= 0.6 is 31.3 Å². The summed E-state index contributed by atoms with van der Waals surface area (Å²) in [5, 5.41) is 0. The van der Waals surface area contributed by atoms with Crippen LogP contribution in [0.2, 0.25) is 0 Å². The quantitative estimate of drug-likeness (QED) is 0.101. The molecule has 0 amide bonds. The van der Waals surface area contributed by atoms with Crippen molar-refractivity contribution in [1.29, 1.82) is 0 Å². The smallest absolute Gasteiger partial charge is 0.736 e. The molecule has 0 radical (unpaired) electrons. The number of fused-ring (bicyclic) bond motifs is 8. The average molecular weight is 1830 g/mol. The molecule has 8 aromatic rings. The first kappa shape index (κ1) is 116. The summed E-state index contributed by atoms with van der Waals surface area (Å²) in [7, 11) is -18.6. The second kappa shape index (κ2) is 39.3. The van der Waals surface area contributed by atoms with Crippen molar-refractivity contribution in [1.82, 2.24) is 0 Å². The maximum atomic E-state index is 13.4. The first-order valence-corrected chi connectivity index (χ1v) is 50.4. The molecule has 0 atom stereocenters. The van der Waals surface area contributed by atoms with E-state index in [0.717, 1.165) is 134 Å². The van der Waals surface area contributed by atoms with E-state index >= 15 is 0 Å². The standard InChI is InChI=1S/C30H45O4P.C29H43O4P.C24H33O4P.C23H31O4P.4Li/c1-18-21-14-19(27(2,3)4)16-23(29(8,9)10)25(21)33-35(31,32)34-26-22(18)15-20(28(5,6)7)17-24(26)30(11,12)13;1-26(2,3)20-14-18-13-19-15-21(27(4,5)6)17-23(29(10,11)12)25(19)33-34(30,31)32-24(18)22(16-20)28(7,8)9;1-14-10-17-16(3)18-11-15(2)13-20(24(7,8)9)22(18)28-29(25,26)27-21(17)19(12-14)23(4,5)6;1-14-9-16-13-17-10-15(2)12-19(23(6,7)8)21(17)27-28(24,25)26-20(16)18(11-14)22(3,4)5;;;;/h14-18H,1-13H3,(H,31,32);14-17H,13H2,1-12H3,(H,30,31);10-13,16H,1-9H3,(H,25,26);9-12H,13H2,1-8H3,(H,24,25);;;;/q;;;;4*+1/p-4. The molecule has 4 heterocycles. The van der Waals surface area contributed by atoms with Gasteiger partial charge in [0.15, 0.2) is 0 Å². The van der Waals surface area contributed by atoms with E-state index in [1.165, 1.54) is 0 Å². The third kappa shape index (κ3) is 27.4. The number of rotatable bonds is 0. The molecule has 4 aliphatic rings. The zero-order valence-corrected chi connectivity index (χ0v) is 91.7. The van der Waals surface area contributed by atoms with E-state index in [1.54, 1.807) is 0 Å². The predicted octanol–water partition coefficient (Wildman–Crippen LogP) is 16.0. The molecule has 0 saturated carbocycles. The minimum absolute atomic E-state index is 0. The van der Waals surface area contributed by atoms with Crippen LogP contribution in [0.4, 0.5) is 0 Å². The molecule has 24 heteroatoms. The molecule has 0 fully saturated rings. The molecule has 0 spiro atoms. The van der Waals surface area contributed by atoms with Gasteiger partial charge in [-0.25, -0.2) is 18.3 Å². The molecular formula is C106H148Li4O16P4. The number of phosphoric acid groups is 4. The molecule has 692 valence electrons. The second-order valence-corrected chi connectivity index (χ2v) is 53.3. The van der Waals surface area contributed by atoms with Gasteiger partial charge in [0, 0.05) is 91.4 Å². The van der Waals surface area contributed by atoms with E-state index < -0.39 is 31.3 Å². The first-order chi connectivity index (χ1) is 56.4. The van der Waals surface area contributed by atoms with Crippen LogP contribution in [0, 0.1) is 27.7 Å². The molecule has 12 rings (SSSR count). The van der Waals surface area contributed by atoms with E-state index in [-0.39, 0.29) is 152 Å². The number of benzene rings is 8. The Labute approximate surface area is 830 Å². The molecular weight excluding hydrogens is 1680 g/mol. The predicted molar refractivity (Wildman–Crippen MR) is 511 cm³/mol. The summed E-state index contributed by atoms with van der Waals surface area (Å²) in [6, 6.07) is 33.0. The van der Waals surface area contributed by atoms with Crippen LogP contribution in [0.1, 0.15) is 408 Å². The Morgan fingerprint density at radius 3 is 0.554 bits per heavy atom. The number of phosphoric ester groups is 4. The van der Waals surface area contributed by atoms with Crippen LogP contribution in [0.5, 0.6) is 46.0 Å². The number of hydrogen-bond donors (Lipinski definition) is 0. The van der Waals surface area contributed by atoms with Crippen molar-refractivity contribution in [3.05, 3.63) is 231 Å². The van der Waals surface area contributed by atoms with Gasteiger partial charge in [-0.05, 0) is 137 Å². The van der Waals surface area contributed by atoms with Crippen molar-refractivity contribution < 1.29 is 149 Å². The summed E-state index contributed by atoms with van der Waals surface area (Å²) in [6.45, 7) is 88.1. The number of hydrogen-bond acceptors (Lipinski definition) is 16. The average Bonchev–Trinajstić information content (AvgIpc) is 0.734. The van der Waals surface area contributed by atoms with E-state index in [1.807, 2.05) is 76.2 Å². The van der Waals surface area contributed by atoms with Crippen LogP contribution in [0.25, 0.3) is 0 Å². The molecule has 4 aliphatic heterocycles. The zero-order chi connectivity index (χ0) is 96.0. The summed E-state index contributed by atoms with van der Waals surface area (Å²) in [5.74, 6) is 3.01. The van der Waals surface area contributed by atoms with Crippen LogP contribution < -0.4 is 131 Å². The summed E-state index contributed by atoms with van der Waals surface area (Å²) in [6.07, 6.45) is 1.09. The van der Waals surface area contributed by atoms with Gasteiger partial charge in [-0.1, -0.05) is 382 Å². The van der Waals surface area contributed by atoms with Crippen molar-refractivity contribution in [2.45, 2.75) is 380 Å². The van der Waals surface area contributed by atoms with E-state index in [4.69, 9.17) is 36.2 Å². The number of aryl methyl sites for hydroxylation is 4. The van der Waals surface area contributed by atoms with Crippen molar-refractivity contribution in [3.8, 4) is 46.0 Å². The van der Waals surface area contributed by atoms with Crippen LogP contribution in [-0.4, -0.2) is 0 Å². The van der Waals surface area contributed by atoms with Gasteiger partial charge in [0.05, 0.1) is 0 Å². The topological polar surface area (TPSA) is 234 Å². The first-order valence-electron chi connectivity index (χ1n) is 44.5. The Morgan fingerprint density at radius 2 is 0.362 bits per heavy atom.